The van der Waals surface area contributed by atoms with Crippen LogP contribution >= 0.6 is 0 Å². The van der Waals surface area contributed by atoms with Crippen molar-refractivity contribution in [3.63, 3.8) is 0 Å². The molecule has 0 spiro atoms. The molecule has 1 aliphatic carbocycles. The first-order valence-electron chi connectivity index (χ1n) is 6.05. The molecule has 0 radical (unpaired) electrons. The van der Waals surface area contributed by atoms with Gasteiger partial charge in [0.15, 0.2) is 5.69 Å². The Morgan fingerprint density at radius 2 is 2.16 bits per heavy atom. The Kier molecular flexibility index (Phi) is 2.66. The van der Waals surface area contributed by atoms with Crippen LogP contribution in [0.1, 0.15) is 34.6 Å². The second kappa shape index (κ2) is 4.34. The number of nitrogens with zero attached hydrogens (tertiary/aromatic N) is 3. The fraction of sp³-hybridized carbons (Fsp3) is 0.333. The van der Waals surface area contributed by atoms with Gasteiger partial charge in [-0.2, -0.15) is 0 Å². The number of aromatic nitrogens is 4. The lowest BCUT2D eigenvalue weighted by molar-refractivity contribution is 0.0691. The van der Waals surface area contributed by atoms with E-state index < -0.39 is 5.97 Å². The highest BCUT2D eigenvalue weighted by atomic mass is 16.4. The van der Waals surface area contributed by atoms with Crippen LogP contribution in [0.2, 0.25) is 0 Å². The zero-order valence-electron chi connectivity index (χ0n) is 10.1. The Labute approximate surface area is 108 Å². The summed E-state index contributed by atoms with van der Waals surface area (Å²) in [7, 11) is 0. The normalized spacial score (nSPS) is 14.1. The lowest BCUT2D eigenvalue weighted by Gasteiger charge is -2.14. The predicted molar refractivity (Wildman–Crippen MR) is 65.6 cm³/mol. The number of fused-ring (bicyclic) bond motifs is 1. The van der Waals surface area contributed by atoms with Crippen molar-refractivity contribution in [3.05, 3.63) is 39.8 Å². The first kappa shape index (κ1) is 11.6. The zero-order chi connectivity index (χ0) is 13.4. The molecule has 2 aromatic heterocycles. The van der Waals surface area contributed by atoms with Gasteiger partial charge in [0.1, 0.15) is 6.33 Å². The van der Waals surface area contributed by atoms with Gasteiger partial charge in [0.05, 0.1) is 5.69 Å². The average Bonchev–Trinajstić information content (AvgIpc) is 2.88. The molecule has 0 aromatic carbocycles. The Hall–Kier alpha value is -2.44. The van der Waals surface area contributed by atoms with Crippen molar-refractivity contribution in [1.29, 1.82) is 0 Å². The number of carboxylic acid groups (broad SMARTS) is 1. The minimum atomic E-state index is -1.11. The molecule has 7 nitrogen and oxygen atoms in total. The van der Waals surface area contributed by atoms with E-state index in [4.69, 9.17) is 5.11 Å². The number of hydrogen-bond acceptors (Lipinski definition) is 4. The number of carbonyl (C=O) groups is 1. The zero-order valence-corrected chi connectivity index (χ0v) is 10.1. The molecule has 0 unspecified atom stereocenters. The molecule has 98 valence electrons. The predicted octanol–water partition coefficient (Wildman–Crippen LogP) is 0.533. The summed E-state index contributed by atoms with van der Waals surface area (Å²) in [5.74, 6) is -0.801. The van der Waals surface area contributed by atoms with Gasteiger partial charge in [-0.15, -0.1) is 0 Å². The Morgan fingerprint density at radius 3 is 2.89 bits per heavy atom. The number of rotatable bonds is 2. The number of hydrogen-bond donors (Lipinski definition) is 2. The van der Waals surface area contributed by atoms with E-state index in [-0.39, 0.29) is 11.3 Å². The third-order valence-electron chi connectivity index (χ3n) is 3.23. The molecule has 0 aliphatic heterocycles. The topological polar surface area (TPSA) is 101 Å². The van der Waals surface area contributed by atoms with Gasteiger partial charge < -0.3 is 5.11 Å². The number of aromatic carboxylic acids is 1. The molecule has 0 saturated heterocycles. The quantitative estimate of drug-likeness (QED) is 0.820. The maximum Gasteiger partial charge on any atom is 0.356 e. The van der Waals surface area contributed by atoms with Gasteiger partial charge >= 0.3 is 5.97 Å². The summed E-state index contributed by atoms with van der Waals surface area (Å²) in [6, 6.07) is 0. The number of H-pyrrole nitrogens is 1. The summed E-state index contributed by atoms with van der Waals surface area (Å²) in [6.07, 6.45) is 6.22. The molecule has 2 heterocycles. The van der Waals surface area contributed by atoms with Gasteiger partial charge in [-0.3, -0.25) is 14.3 Å². The highest BCUT2D eigenvalue weighted by Crippen LogP contribution is 2.16. The Bertz CT molecular complexity index is 701. The highest BCUT2D eigenvalue weighted by molar-refractivity contribution is 5.85. The van der Waals surface area contributed by atoms with Gasteiger partial charge in [-0.1, -0.05) is 0 Å². The highest BCUT2D eigenvalue weighted by Gasteiger charge is 2.16. The molecule has 19 heavy (non-hydrogen) atoms. The number of nitrogens with one attached hydrogen (secondary N) is 1. The van der Waals surface area contributed by atoms with E-state index in [1.807, 2.05) is 0 Å². The maximum atomic E-state index is 12.0. The van der Waals surface area contributed by atoms with Gasteiger partial charge in [0, 0.05) is 11.8 Å². The van der Waals surface area contributed by atoms with Crippen LogP contribution in [0, 0.1) is 0 Å². The van der Waals surface area contributed by atoms with Crippen LogP contribution in [0.3, 0.4) is 0 Å². The summed E-state index contributed by atoms with van der Waals surface area (Å²) in [6.45, 7) is 0. The molecular formula is C12H12N4O3. The van der Waals surface area contributed by atoms with Crippen molar-refractivity contribution in [2.75, 3.05) is 0 Å². The Morgan fingerprint density at radius 1 is 1.37 bits per heavy atom. The van der Waals surface area contributed by atoms with Crippen LogP contribution in [-0.2, 0) is 12.8 Å². The van der Waals surface area contributed by atoms with Crippen molar-refractivity contribution in [1.82, 2.24) is 19.5 Å². The van der Waals surface area contributed by atoms with Crippen molar-refractivity contribution >= 4 is 5.97 Å². The number of aryl methyl sites for hydroxylation is 1. The fourth-order valence-electron chi connectivity index (χ4n) is 2.26. The van der Waals surface area contributed by atoms with Crippen LogP contribution < -0.4 is 5.56 Å². The Balaban J connectivity index is 2.07. The van der Waals surface area contributed by atoms with E-state index in [1.165, 1.54) is 17.1 Å². The molecular weight excluding hydrogens is 248 g/mol. The number of imidazole rings is 1. The molecule has 3 rings (SSSR count). The monoisotopic (exact) mass is 260 g/mol. The van der Waals surface area contributed by atoms with Gasteiger partial charge in [0.25, 0.3) is 5.56 Å². The summed E-state index contributed by atoms with van der Waals surface area (Å²) in [4.78, 5) is 33.5. The van der Waals surface area contributed by atoms with E-state index in [2.05, 4.69) is 15.0 Å². The second-order valence-corrected chi connectivity index (χ2v) is 4.49. The van der Waals surface area contributed by atoms with Crippen molar-refractivity contribution in [2.45, 2.75) is 25.7 Å². The van der Waals surface area contributed by atoms with Gasteiger partial charge in [-0.05, 0) is 25.7 Å². The summed E-state index contributed by atoms with van der Waals surface area (Å²) in [5, 5.41) is 8.82. The van der Waals surface area contributed by atoms with Crippen LogP contribution in [0.5, 0.6) is 0 Å². The lowest BCUT2D eigenvalue weighted by Crippen LogP contribution is -2.23. The average molecular weight is 260 g/mol. The number of aromatic amines is 1. The summed E-state index contributed by atoms with van der Waals surface area (Å²) in [5.41, 5.74) is 1.31. The van der Waals surface area contributed by atoms with E-state index in [1.54, 1.807) is 0 Å². The van der Waals surface area contributed by atoms with Crippen LogP contribution in [0.25, 0.3) is 5.95 Å². The van der Waals surface area contributed by atoms with Crippen molar-refractivity contribution < 1.29 is 9.90 Å². The number of carboxylic acids is 1. The molecule has 2 aromatic rings. The van der Waals surface area contributed by atoms with Crippen LogP contribution in [-0.4, -0.2) is 30.6 Å². The molecule has 0 atom stereocenters. The van der Waals surface area contributed by atoms with E-state index in [9.17, 15) is 9.59 Å². The first-order valence-corrected chi connectivity index (χ1v) is 6.05. The first-order chi connectivity index (χ1) is 9.15. The minimum Gasteiger partial charge on any atom is -0.476 e. The van der Waals surface area contributed by atoms with Crippen LogP contribution in [0.15, 0.2) is 17.3 Å². The third kappa shape index (κ3) is 2.03. The van der Waals surface area contributed by atoms with E-state index in [0.717, 1.165) is 36.9 Å². The standard InChI is InChI=1S/C12H12N4O3/c17-10-7-3-1-2-4-8(7)14-12(15-10)16-5-9(11(18)19)13-6-16/h5-6H,1-4H2,(H,18,19)(H,14,15,17). The third-order valence-corrected chi connectivity index (χ3v) is 3.23. The summed E-state index contributed by atoms with van der Waals surface area (Å²) >= 11 is 0. The molecule has 0 fully saturated rings. The smallest absolute Gasteiger partial charge is 0.356 e. The molecule has 7 heteroatoms. The molecule has 0 saturated carbocycles. The maximum absolute atomic E-state index is 12.0. The molecule has 2 N–H and O–H groups in total. The SMILES string of the molecule is O=C(O)c1cn(-c2nc3c(c(=O)[nH]2)CCCC3)cn1. The fourth-order valence-corrected chi connectivity index (χ4v) is 2.26. The summed E-state index contributed by atoms with van der Waals surface area (Å²) < 4.78 is 1.42. The van der Waals surface area contributed by atoms with Gasteiger partial charge in [0.2, 0.25) is 5.95 Å². The van der Waals surface area contributed by atoms with Gasteiger partial charge in [-0.25, -0.2) is 14.8 Å². The van der Waals surface area contributed by atoms with E-state index in [0.29, 0.717) is 5.95 Å². The van der Waals surface area contributed by atoms with E-state index >= 15 is 0 Å². The van der Waals surface area contributed by atoms with Crippen molar-refractivity contribution in [2.24, 2.45) is 0 Å². The van der Waals surface area contributed by atoms with Crippen molar-refractivity contribution in [3.8, 4) is 5.95 Å². The largest absolute Gasteiger partial charge is 0.476 e. The molecule has 0 bridgehead atoms. The van der Waals surface area contributed by atoms with Crippen LogP contribution in [0.4, 0.5) is 0 Å². The molecule has 1 aliphatic rings. The second-order valence-electron chi connectivity index (χ2n) is 4.49. The minimum absolute atomic E-state index is 0.0830. The lowest BCUT2D eigenvalue weighted by atomic mass is 9.97. The molecule has 0 amide bonds.